The molecule has 0 radical (unpaired) electrons. The maximum absolute atomic E-state index is 12.2. The van der Waals surface area contributed by atoms with Crippen molar-refractivity contribution in [3.63, 3.8) is 0 Å². The van der Waals surface area contributed by atoms with Crippen LogP contribution >= 0.6 is 34.8 Å². The maximum Gasteiger partial charge on any atom is 0.266 e. The largest absolute Gasteiger partial charge is 0.495 e. The summed E-state index contributed by atoms with van der Waals surface area (Å²) in [4.78, 5) is 12.2. The van der Waals surface area contributed by atoms with Crippen LogP contribution in [0, 0.1) is 11.3 Å². The molecule has 2 aromatic carbocycles. The molecule has 0 aliphatic heterocycles. The van der Waals surface area contributed by atoms with E-state index in [1.54, 1.807) is 24.3 Å². The number of ether oxygens (including phenoxy) is 1. The zero-order chi connectivity index (χ0) is 17.7. The molecule has 2 rings (SSSR count). The molecule has 0 atom stereocenters. The molecular formula is C17H11Cl3N2O2. The second kappa shape index (κ2) is 8.07. The number of carbonyl (C=O) groups excluding carboxylic acids is 1. The topological polar surface area (TPSA) is 62.1 Å². The van der Waals surface area contributed by atoms with E-state index < -0.39 is 5.91 Å². The van der Waals surface area contributed by atoms with Crippen LogP contribution in [0.25, 0.3) is 6.08 Å². The molecule has 0 bridgehead atoms. The summed E-state index contributed by atoms with van der Waals surface area (Å²) < 4.78 is 5.06. The quantitative estimate of drug-likeness (QED) is 0.585. The summed E-state index contributed by atoms with van der Waals surface area (Å²) in [7, 11) is 1.50. The molecule has 7 heteroatoms. The summed E-state index contributed by atoms with van der Waals surface area (Å²) in [5, 5.41) is 12.9. The summed E-state index contributed by atoms with van der Waals surface area (Å²) in [6.45, 7) is 0. The fourth-order valence-corrected chi connectivity index (χ4v) is 2.70. The third-order valence-corrected chi connectivity index (χ3v) is 3.70. The van der Waals surface area contributed by atoms with Crippen LogP contribution in [0.5, 0.6) is 5.75 Å². The van der Waals surface area contributed by atoms with Crippen LogP contribution in [0.2, 0.25) is 15.1 Å². The molecular weight excluding hydrogens is 371 g/mol. The molecule has 0 spiro atoms. The number of amides is 1. The summed E-state index contributed by atoms with van der Waals surface area (Å²) in [5.41, 5.74) is 0.898. The number of hydrogen-bond donors (Lipinski definition) is 1. The van der Waals surface area contributed by atoms with E-state index in [4.69, 9.17) is 39.5 Å². The van der Waals surface area contributed by atoms with Crippen LogP contribution in [-0.4, -0.2) is 13.0 Å². The lowest BCUT2D eigenvalue weighted by atomic mass is 10.1. The highest BCUT2D eigenvalue weighted by Crippen LogP contribution is 2.26. The van der Waals surface area contributed by atoms with E-state index in [2.05, 4.69) is 5.32 Å². The Hall–Kier alpha value is -2.19. The van der Waals surface area contributed by atoms with Gasteiger partial charge in [0.25, 0.3) is 5.91 Å². The SMILES string of the molecule is COc1ccc(/C=C(/C#N)C(=O)Nc2cc(Cl)cc(Cl)c2)cc1Cl. The van der Waals surface area contributed by atoms with Gasteiger partial charge in [-0.05, 0) is 42.0 Å². The number of nitrogens with one attached hydrogen (secondary N) is 1. The molecule has 24 heavy (non-hydrogen) atoms. The average Bonchev–Trinajstić information content (AvgIpc) is 2.51. The first-order valence-corrected chi connectivity index (χ1v) is 7.79. The summed E-state index contributed by atoms with van der Waals surface area (Å²) in [6, 6.07) is 11.4. The minimum atomic E-state index is -0.581. The Morgan fingerprint density at radius 1 is 1.17 bits per heavy atom. The van der Waals surface area contributed by atoms with Gasteiger partial charge in [0.2, 0.25) is 0 Å². The highest BCUT2D eigenvalue weighted by Gasteiger charge is 2.11. The molecule has 0 unspecified atom stereocenters. The van der Waals surface area contributed by atoms with Crippen molar-refractivity contribution in [1.82, 2.24) is 0 Å². The normalized spacial score (nSPS) is 10.9. The van der Waals surface area contributed by atoms with Gasteiger partial charge in [0.15, 0.2) is 0 Å². The fourth-order valence-electron chi connectivity index (χ4n) is 1.91. The van der Waals surface area contributed by atoms with E-state index in [0.29, 0.717) is 32.1 Å². The molecule has 2 aromatic rings. The van der Waals surface area contributed by atoms with Crippen molar-refractivity contribution in [2.75, 3.05) is 12.4 Å². The number of hydrogen-bond acceptors (Lipinski definition) is 3. The maximum atomic E-state index is 12.2. The number of rotatable bonds is 4. The van der Waals surface area contributed by atoms with Crippen molar-refractivity contribution < 1.29 is 9.53 Å². The van der Waals surface area contributed by atoms with Gasteiger partial charge in [-0.1, -0.05) is 40.9 Å². The lowest BCUT2D eigenvalue weighted by Gasteiger charge is -2.06. The van der Waals surface area contributed by atoms with E-state index in [-0.39, 0.29) is 5.57 Å². The van der Waals surface area contributed by atoms with Crippen LogP contribution in [0.4, 0.5) is 5.69 Å². The molecule has 0 aliphatic carbocycles. The van der Waals surface area contributed by atoms with Crippen LogP contribution in [0.1, 0.15) is 5.56 Å². The Morgan fingerprint density at radius 3 is 2.38 bits per heavy atom. The Morgan fingerprint density at radius 2 is 1.83 bits per heavy atom. The van der Waals surface area contributed by atoms with Crippen molar-refractivity contribution >= 4 is 52.5 Å². The van der Waals surface area contributed by atoms with Crippen LogP contribution in [0.3, 0.4) is 0 Å². The number of nitriles is 1. The van der Waals surface area contributed by atoms with Gasteiger partial charge in [-0.3, -0.25) is 4.79 Å². The van der Waals surface area contributed by atoms with Crippen molar-refractivity contribution in [3.8, 4) is 11.8 Å². The first-order valence-electron chi connectivity index (χ1n) is 6.65. The molecule has 122 valence electrons. The van der Waals surface area contributed by atoms with Crippen LogP contribution in [0.15, 0.2) is 42.0 Å². The van der Waals surface area contributed by atoms with E-state index in [9.17, 15) is 10.1 Å². The van der Waals surface area contributed by atoms with Gasteiger partial charge >= 0.3 is 0 Å². The van der Waals surface area contributed by atoms with Crippen molar-refractivity contribution in [2.24, 2.45) is 0 Å². The zero-order valence-electron chi connectivity index (χ0n) is 12.4. The lowest BCUT2D eigenvalue weighted by Crippen LogP contribution is -2.13. The Bertz CT molecular complexity index is 837. The molecule has 0 aromatic heterocycles. The zero-order valence-corrected chi connectivity index (χ0v) is 14.7. The smallest absolute Gasteiger partial charge is 0.266 e. The predicted molar refractivity (Wildman–Crippen MR) is 96.7 cm³/mol. The number of halogens is 3. The van der Waals surface area contributed by atoms with Gasteiger partial charge in [0, 0.05) is 15.7 Å². The minimum absolute atomic E-state index is 0.0904. The highest BCUT2D eigenvalue weighted by atomic mass is 35.5. The Labute approximate surface area is 154 Å². The number of anilines is 1. The van der Waals surface area contributed by atoms with Crippen LogP contribution < -0.4 is 10.1 Å². The van der Waals surface area contributed by atoms with Gasteiger partial charge in [-0.25, -0.2) is 0 Å². The number of nitrogens with zero attached hydrogens (tertiary/aromatic N) is 1. The summed E-state index contributed by atoms with van der Waals surface area (Å²) in [5.74, 6) is -0.0758. The average molecular weight is 382 g/mol. The number of methoxy groups -OCH3 is 1. The predicted octanol–water partition coefficient (Wildman–Crippen LogP) is 5.20. The molecule has 0 saturated carbocycles. The third kappa shape index (κ3) is 4.65. The first kappa shape index (κ1) is 18.2. The standard InChI is InChI=1S/C17H11Cl3N2O2/c1-24-16-3-2-10(5-15(16)20)4-11(9-21)17(23)22-14-7-12(18)6-13(19)8-14/h2-8H,1H3,(H,22,23)/b11-4-. The van der Waals surface area contributed by atoms with Gasteiger partial charge in [0.05, 0.1) is 12.1 Å². The second-order valence-corrected chi connectivity index (χ2v) is 5.96. The Balaban J connectivity index is 2.25. The van der Waals surface area contributed by atoms with E-state index in [1.807, 2.05) is 6.07 Å². The lowest BCUT2D eigenvalue weighted by molar-refractivity contribution is -0.112. The molecule has 4 nitrogen and oxygen atoms in total. The van der Waals surface area contributed by atoms with E-state index in [0.717, 1.165) is 0 Å². The van der Waals surface area contributed by atoms with Gasteiger partial charge in [-0.15, -0.1) is 0 Å². The van der Waals surface area contributed by atoms with Crippen LogP contribution in [-0.2, 0) is 4.79 Å². The first-order chi connectivity index (χ1) is 11.4. The molecule has 1 amide bonds. The van der Waals surface area contributed by atoms with Crippen molar-refractivity contribution in [3.05, 3.63) is 62.6 Å². The Kier molecular flexibility index (Phi) is 6.10. The van der Waals surface area contributed by atoms with Crippen molar-refractivity contribution in [1.29, 1.82) is 5.26 Å². The van der Waals surface area contributed by atoms with Gasteiger partial charge in [-0.2, -0.15) is 5.26 Å². The van der Waals surface area contributed by atoms with Gasteiger partial charge < -0.3 is 10.1 Å². The fraction of sp³-hybridized carbons (Fsp3) is 0.0588. The van der Waals surface area contributed by atoms with E-state index in [1.165, 1.54) is 25.3 Å². The molecule has 1 N–H and O–H groups in total. The second-order valence-electron chi connectivity index (χ2n) is 4.68. The summed E-state index contributed by atoms with van der Waals surface area (Å²) >= 11 is 17.8. The van der Waals surface area contributed by atoms with E-state index >= 15 is 0 Å². The number of benzene rings is 2. The molecule has 0 fully saturated rings. The van der Waals surface area contributed by atoms with Gasteiger partial charge in [0.1, 0.15) is 17.4 Å². The third-order valence-electron chi connectivity index (χ3n) is 2.97. The minimum Gasteiger partial charge on any atom is -0.495 e. The summed E-state index contributed by atoms with van der Waals surface area (Å²) in [6.07, 6.45) is 1.42. The molecule has 0 saturated heterocycles. The molecule has 0 heterocycles. The molecule has 0 aliphatic rings. The number of carbonyl (C=O) groups is 1. The monoisotopic (exact) mass is 380 g/mol. The van der Waals surface area contributed by atoms with Crippen molar-refractivity contribution in [2.45, 2.75) is 0 Å². The highest BCUT2D eigenvalue weighted by molar-refractivity contribution is 6.35.